The van der Waals surface area contributed by atoms with Crippen molar-refractivity contribution in [3.8, 4) is 0 Å². The minimum absolute atomic E-state index is 0.841. The molecule has 1 aromatic heterocycles. The van der Waals surface area contributed by atoms with Gasteiger partial charge in [-0.3, -0.25) is 14.1 Å². The molecule has 0 aromatic carbocycles. The summed E-state index contributed by atoms with van der Waals surface area (Å²) in [5.41, 5.74) is 1.07. The van der Waals surface area contributed by atoms with E-state index in [2.05, 4.69) is 8.95 Å². The van der Waals surface area contributed by atoms with E-state index >= 15 is 0 Å². The molecule has 0 spiro atoms. The molecule has 3 nitrogen and oxygen atoms in total. The predicted molar refractivity (Wildman–Crippen MR) is 51.5 cm³/mol. The molecule has 0 radical (unpaired) electrons. The molecule has 0 aliphatic carbocycles. The van der Waals surface area contributed by atoms with Crippen LogP contribution in [-0.4, -0.2) is 19.4 Å². The monoisotopic (exact) mass is 185 g/mol. The molecule has 1 aromatic rings. The molecule has 0 saturated carbocycles. The Hall–Kier alpha value is -0.363. The van der Waals surface area contributed by atoms with Crippen molar-refractivity contribution < 1.29 is 0 Å². The number of rotatable bonds is 3. The maximum absolute atomic E-state index is 5.37. The van der Waals surface area contributed by atoms with Gasteiger partial charge in [-0.2, -0.15) is 0 Å². The number of aromatic nitrogens is 1. The zero-order chi connectivity index (χ0) is 8.10. The van der Waals surface area contributed by atoms with Gasteiger partial charge in [0.15, 0.2) is 0 Å². The summed E-state index contributed by atoms with van der Waals surface area (Å²) >= 11 is 1.27. The van der Waals surface area contributed by atoms with Crippen molar-refractivity contribution in [1.82, 2.24) is 8.95 Å². The molecule has 0 fully saturated rings. The third-order valence-corrected chi connectivity index (χ3v) is 2.73. The van der Waals surface area contributed by atoms with Gasteiger partial charge in [-0.1, -0.05) is 6.07 Å². The number of nitrogens with zero attached hydrogens (tertiary/aromatic N) is 2. The zero-order valence-corrected chi connectivity index (χ0v) is 9.21. The van der Waals surface area contributed by atoms with Crippen LogP contribution < -0.4 is 5.14 Å². The Morgan fingerprint density at radius 1 is 1.64 bits per heavy atom. The Morgan fingerprint density at radius 3 is 3.00 bits per heavy atom. The first-order chi connectivity index (χ1) is 5.33. The molecule has 2 N–H and O–H groups in total. The SMILES string of the molecule is NSN([SiH3])Cc1ccccn1. The minimum atomic E-state index is 0.841. The fourth-order valence-electron chi connectivity index (χ4n) is 0.757. The van der Waals surface area contributed by atoms with Crippen molar-refractivity contribution in [3.05, 3.63) is 30.1 Å². The van der Waals surface area contributed by atoms with E-state index in [9.17, 15) is 0 Å². The van der Waals surface area contributed by atoms with E-state index in [0.717, 1.165) is 22.6 Å². The van der Waals surface area contributed by atoms with Crippen LogP contribution in [0.5, 0.6) is 0 Å². The van der Waals surface area contributed by atoms with E-state index in [-0.39, 0.29) is 0 Å². The van der Waals surface area contributed by atoms with Gasteiger partial charge in [0, 0.05) is 12.7 Å². The van der Waals surface area contributed by atoms with Crippen LogP contribution in [0.2, 0.25) is 0 Å². The van der Waals surface area contributed by atoms with Gasteiger partial charge in [0.05, 0.1) is 16.1 Å². The van der Waals surface area contributed by atoms with E-state index in [1.807, 2.05) is 18.2 Å². The summed E-state index contributed by atoms with van der Waals surface area (Å²) < 4.78 is 2.06. The maximum Gasteiger partial charge on any atom is 0.0949 e. The topological polar surface area (TPSA) is 42.1 Å². The fourth-order valence-corrected chi connectivity index (χ4v) is 1.29. The van der Waals surface area contributed by atoms with Crippen LogP contribution >= 0.6 is 12.1 Å². The molecular weight excluding hydrogens is 174 g/mol. The first kappa shape index (κ1) is 8.73. The van der Waals surface area contributed by atoms with Crippen LogP contribution in [0.15, 0.2) is 24.4 Å². The lowest BCUT2D eigenvalue weighted by Gasteiger charge is -2.10. The van der Waals surface area contributed by atoms with Crippen LogP contribution in [0.25, 0.3) is 0 Å². The molecule has 0 bridgehead atoms. The van der Waals surface area contributed by atoms with E-state index < -0.39 is 0 Å². The zero-order valence-electron chi connectivity index (χ0n) is 6.40. The lowest BCUT2D eigenvalue weighted by atomic mass is 10.4. The first-order valence-corrected chi connectivity index (χ1v) is 5.04. The number of hydrogen-bond acceptors (Lipinski definition) is 4. The number of hydrogen-bond donors (Lipinski definition) is 1. The maximum atomic E-state index is 5.37. The van der Waals surface area contributed by atoms with Gasteiger partial charge in [0.25, 0.3) is 0 Å². The summed E-state index contributed by atoms with van der Waals surface area (Å²) in [7, 11) is 0.956. The van der Waals surface area contributed by atoms with E-state index in [1.165, 1.54) is 12.1 Å². The van der Waals surface area contributed by atoms with Crippen molar-refractivity contribution in [1.29, 1.82) is 0 Å². The smallest absolute Gasteiger partial charge is 0.0949 e. The van der Waals surface area contributed by atoms with Crippen molar-refractivity contribution in [2.24, 2.45) is 5.14 Å². The van der Waals surface area contributed by atoms with Crippen LogP contribution in [0.3, 0.4) is 0 Å². The molecule has 0 aliphatic rings. The molecule has 1 rings (SSSR count). The van der Waals surface area contributed by atoms with E-state index in [0.29, 0.717) is 0 Å². The van der Waals surface area contributed by atoms with Gasteiger partial charge in [0.1, 0.15) is 0 Å². The second-order valence-corrected chi connectivity index (χ2v) is 4.77. The average Bonchev–Trinajstić information content (AvgIpc) is 2.06. The van der Waals surface area contributed by atoms with Crippen molar-refractivity contribution in [2.75, 3.05) is 0 Å². The molecule has 11 heavy (non-hydrogen) atoms. The molecule has 0 saturated heterocycles. The Bertz CT molecular complexity index is 206. The highest BCUT2D eigenvalue weighted by Gasteiger charge is 1.96. The molecule has 0 unspecified atom stereocenters. The summed E-state index contributed by atoms with van der Waals surface area (Å²) in [6.07, 6.45) is 1.80. The summed E-state index contributed by atoms with van der Waals surface area (Å²) in [6.45, 7) is 0.841. The molecule has 0 aliphatic heterocycles. The largest absolute Gasteiger partial charge is 0.265 e. The fraction of sp³-hybridized carbons (Fsp3) is 0.167. The second kappa shape index (κ2) is 4.50. The summed E-state index contributed by atoms with van der Waals surface area (Å²) in [5, 5.41) is 5.37. The molecule has 60 valence electrons. The summed E-state index contributed by atoms with van der Waals surface area (Å²) in [4.78, 5) is 4.18. The normalized spacial score (nSPS) is 10.7. The number of nitrogens with two attached hydrogens (primary N) is 1. The second-order valence-electron chi connectivity index (χ2n) is 2.21. The average molecular weight is 185 g/mol. The summed E-state index contributed by atoms with van der Waals surface area (Å²) in [5.74, 6) is 0. The molecule has 1 heterocycles. The Balaban J connectivity index is 2.51. The van der Waals surface area contributed by atoms with E-state index in [4.69, 9.17) is 5.14 Å². The Morgan fingerprint density at radius 2 is 2.45 bits per heavy atom. The van der Waals surface area contributed by atoms with Gasteiger partial charge in [-0.25, -0.2) is 0 Å². The van der Waals surface area contributed by atoms with Crippen molar-refractivity contribution >= 4 is 22.5 Å². The van der Waals surface area contributed by atoms with Gasteiger partial charge in [-0.15, -0.1) is 0 Å². The lowest BCUT2D eigenvalue weighted by Crippen LogP contribution is -2.13. The number of pyridine rings is 1. The Labute approximate surface area is 73.8 Å². The highest BCUT2D eigenvalue weighted by molar-refractivity contribution is 7.95. The van der Waals surface area contributed by atoms with E-state index in [1.54, 1.807) is 6.20 Å². The Kier molecular flexibility index (Phi) is 3.57. The van der Waals surface area contributed by atoms with Gasteiger partial charge in [0.2, 0.25) is 0 Å². The van der Waals surface area contributed by atoms with Crippen LogP contribution in [-0.2, 0) is 6.54 Å². The molecule has 0 atom stereocenters. The van der Waals surface area contributed by atoms with Crippen LogP contribution in [0.4, 0.5) is 0 Å². The predicted octanol–water partition coefficient (Wildman–Crippen LogP) is -0.314. The highest BCUT2D eigenvalue weighted by atomic mass is 32.2. The molecule has 0 amide bonds. The highest BCUT2D eigenvalue weighted by Crippen LogP contribution is 2.02. The quantitative estimate of drug-likeness (QED) is 0.518. The first-order valence-electron chi connectivity index (χ1n) is 3.31. The summed E-state index contributed by atoms with van der Waals surface area (Å²) in [6, 6.07) is 5.90. The van der Waals surface area contributed by atoms with Crippen LogP contribution in [0.1, 0.15) is 5.69 Å². The van der Waals surface area contributed by atoms with Crippen molar-refractivity contribution in [2.45, 2.75) is 6.54 Å². The van der Waals surface area contributed by atoms with Crippen LogP contribution in [0, 0.1) is 0 Å². The lowest BCUT2D eigenvalue weighted by molar-refractivity contribution is 0.701. The third kappa shape index (κ3) is 3.02. The third-order valence-electron chi connectivity index (χ3n) is 1.29. The van der Waals surface area contributed by atoms with Gasteiger partial charge >= 0.3 is 0 Å². The minimum Gasteiger partial charge on any atom is -0.265 e. The van der Waals surface area contributed by atoms with Gasteiger partial charge in [-0.05, 0) is 24.3 Å². The van der Waals surface area contributed by atoms with Crippen molar-refractivity contribution in [3.63, 3.8) is 0 Å². The molecule has 5 heteroatoms. The van der Waals surface area contributed by atoms with Gasteiger partial charge < -0.3 is 0 Å². The molecular formula is C6H11N3SSi. The standard InChI is InChI=1S/C6H11N3SSi/c7-10-9(11)5-6-3-1-2-4-8-6/h1-4H,5,7H2,11H3.